The summed E-state index contributed by atoms with van der Waals surface area (Å²) in [5, 5.41) is 9.14. The highest BCUT2D eigenvalue weighted by molar-refractivity contribution is 5.79. The lowest BCUT2D eigenvalue weighted by molar-refractivity contribution is -0.0570. The van der Waals surface area contributed by atoms with Crippen LogP contribution in [0.1, 0.15) is 13.3 Å². The highest BCUT2D eigenvalue weighted by Gasteiger charge is 2.27. The average molecular weight is 260 g/mol. The number of nitrogens with zero attached hydrogens (tertiary/aromatic N) is 2. The van der Waals surface area contributed by atoms with E-state index in [-0.39, 0.29) is 18.8 Å². The van der Waals surface area contributed by atoms with Crippen LogP contribution in [0.4, 0.5) is 0 Å². The highest BCUT2D eigenvalue weighted by atomic mass is 16.5. The van der Waals surface area contributed by atoms with Gasteiger partial charge in [-0.2, -0.15) is 0 Å². The number of aliphatic hydroxyl groups excluding tert-OH is 1. The van der Waals surface area contributed by atoms with E-state index in [0.29, 0.717) is 32.3 Å². The van der Waals surface area contributed by atoms with Crippen molar-refractivity contribution in [1.82, 2.24) is 10.3 Å². The van der Waals surface area contributed by atoms with Crippen LogP contribution in [-0.2, 0) is 9.47 Å². The standard InChI is InChI=1S/C11H24N4O3/c1-9-8-18-10(7-16)6-15(9)11(14-12)13-4-3-5-17-2/h9-10,16H,3-8,12H2,1-2H3,(H,13,14). The van der Waals surface area contributed by atoms with Gasteiger partial charge in [-0.05, 0) is 13.3 Å². The number of rotatable bonds is 5. The van der Waals surface area contributed by atoms with Crippen molar-refractivity contribution in [3.05, 3.63) is 0 Å². The predicted molar refractivity (Wildman–Crippen MR) is 69.1 cm³/mol. The molecule has 2 unspecified atom stereocenters. The zero-order valence-corrected chi connectivity index (χ0v) is 11.1. The quantitative estimate of drug-likeness (QED) is 0.191. The van der Waals surface area contributed by atoms with Crippen LogP contribution in [-0.4, -0.2) is 68.1 Å². The molecule has 1 saturated heterocycles. The Balaban J connectivity index is 2.55. The van der Waals surface area contributed by atoms with Gasteiger partial charge in [0.2, 0.25) is 5.96 Å². The van der Waals surface area contributed by atoms with Crippen molar-refractivity contribution in [3.63, 3.8) is 0 Å². The van der Waals surface area contributed by atoms with Gasteiger partial charge in [-0.15, -0.1) is 0 Å². The van der Waals surface area contributed by atoms with Crippen molar-refractivity contribution >= 4 is 5.96 Å². The maximum Gasteiger partial charge on any atom is 0.208 e. The smallest absolute Gasteiger partial charge is 0.208 e. The fourth-order valence-corrected chi connectivity index (χ4v) is 1.84. The Morgan fingerprint density at radius 3 is 3.06 bits per heavy atom. The zero-order chi connectivity index (χ0) is 13.4. The number of morpholine rings is 1. The SMILES string of the molecule is COCCCN=C(NN)N1CC(CO)OCC1C. The number of hydrogen-bond donors (Lipinski definition) is 3. The van der Waals surface area contributed by atoms with E-state index in [0.717, 1.165) is 6.42 Å². The summed E-state index contributed by atoms with van der Waals surface area (Å²) < 4.78 is 10.4. The Hall–Kier alpha value is -0.890. The molecule has 0 spiro atoms. The summed E-state index contributed by atoms with van der Waals surface area (Å²) in [6.07, 6.45) is 0.669. The second-order valence-corrected chi connectivity index (χ2v) is 4.34. The van der Waals surface area contributed by atoms with Gasteiger partial charge in [-0.3, -0.25) is 10.4 Å². The lowest BCUT2D eigenvalue weighted by atomic mass is 10.2. The molecule has 0 aromatic heterocycles. The molecule has 0 bridgehead atoms. The van der Waals surface area contributed by atoms with Crippen molar-refractivity contribution in [2.24, 2.45) is 10.8 Å². The molecule has 106 valence electrons. The number of aliphatic imine (C=N–C) groups is 1. The summed E-state index contributed by atoms with van der Waals surface area (Å²) in [7, 11) is 1.67. The Labute approximate surface area is 108 Å². The highest BCUT2D eigenvalue weighted by Crippen LogP contribution is 2.11. The normalized spacial score (nSPS) is 25.3. The lowest BCUT2D eigenvalue weighted by Gasteiger charge is -2.38. The molecule has 1 fully saturated rings. The fraction of sp³-hybridized carbons (Fsp3) is 0.909. The van der Waals surface area contributed by atoms with Crippen molar-refractivity contribution in [3.8, 4) is 0 Å². The summed E-state index contributed by atoms with van der Waals surface area (Å²) >= 11 is 0. The summed E-state index contributed by atoms with van der Waals surface area (Å²) in [5.41, 5.74) is 2.62. The number of nitrogens with two attached hydrogens (primary N) is 1. The molecule has 0 aliphatic carbocycles. The van der Waals surface area contributed by atoms with Gasteiger partial charge in [0.05, 0.1) is 25.4 Å². The minimum absolute atomic E-state index is 0.00471. The van der Waals surface area contributed by atoms with Gasteiger partial charge in [-0.1, -0.05) is 0 Å². The molecule has 0 saturated carbocycles. The Kier molecular flexibility index (Phi) is 6.96. The van der Waals surface area contributed by atoms with Crippen molar-refractivity contribution in [2.45, 2.75) is 25.5 Å². The molecule has 1 aliphatic heterocycles. The van der Waals surface area contributed by atoms with Gasteiger partial charge in [0.25, 0.3) is 0 Å². The van der Waals surface area contributed by atoms with Crippen molar-refractivity contribution in [2.75, 3.05) is 40.0 Å². The molecule has 1 rings (SSSR count). The first-order valence-corrected chi connectivity index (χ1v) is 6.22. The Morgan fingerprint density at radius 2 is 2.44 bits per heavy atom. The molecule has 7 nitrogen and oxygen atoms in total. The third kappa shape index (κ3) is 4.41. The molecular weight excluding hydrogens is 236 g/mol. The van der Waals surface area contributed by atoms with Crippen LogP contribution in [0.15, 0.2) is 4.99 Å². The molecule has 0 amide bonds. The summed E-state index contributed by atoms with van der Waals surface area (Å²) in [6.45, 7) is 4.52. The summed E-state index contributed by atoms with van der Waals surface area (Å²) in [4.78, 5) is 6.44. The van der Waals surface area contributed by atoms with Gasteiger partial charge < -0.3 is 19.5 Å². The molecule has 0 aromatic carbocycles. The van der Waals surface area contributed by atoms with Gasteiger partial charge in [0.15, 0.2) is 0 Å². The number of guanidine groups is 1. The molecule has 1 aliphatic rings. The van der Waals surface area contributed by atoms with E-state index in [9.17, 15) is 0 Å². The average Bonchev–Trinajstić information content (AvgIpc) is 2.40. The first-order chi connectivity index (χ1) is 8.72. The third-order valence-electron chi connectivity index (χ3n) is 2.88. The molecule has 7 heteroatoms. The van der Waals surface area contributed by atoms with Crippen molar-refractivity contribution in [1.29, 1.82) is 0 Å². The maximum atomic E-state index is 9.14. The number of methoxy groups -OCH3 is 1. The molecule has 18 heavy (non-hydrogen) atoms. The van der Waals surface area contributed by atoms with E-state index in [1.165, 1.54) is 0 Å². The van der Waals surface area contributed by atoms with Gasteiger partial charge >= 0.3 is 0 Å². The number of ether oxygens (including phenoxy) is 2. The van der Waals surface area contributed by atoms with Crippen LogP contribution in [0.2, 0.25) is 0 Å². The van der Waals surface area contributed by atoms with E-state index in [4.69, 9.17) is 20.4 Å². The van der Waals surface area contributed by atoms with E-state index in [1.54, 1.807) is 7.11 Å². The van der Waals surface area contributed by atoms with Crippen LogP contribution in [0.25, 0.3) is 0 Å². The second-order valence-electron chi connectivity index (χ2n) is 4.34. The van der Waals surface area contributed by atoms with E-state index in [2.05, 4.69) is 10.4 Å². The first kappa shape index (κ1) is 15.2. The minimum Gasteiger partial charge on any atom is -0.394 e. The first-order valence-electron chi connectivity index (χ1n) is 6.22. The van der Waals surface area contributed by atoms with Crippen LogP contribution in [0.5, 0.6) is 0 Å². The largest absolute Gasteiger partial charge is 0.394 e. The van der Waals surface area contributed by atoms with Gasteiger partial charge in [0.1, 0.15) is 0 Å². The summed E-state index contributed by atoms with van der Waals surface area (Å²) in [5.74, 6) is 6.15. The lowest BCUT2D eigenvalue weighted by Crippen LogP contribution is -2.57. The number of hydrazine groups is 1. The monoisotopic (exact) mass is 260 g/mol. The van der Waals surface area contributed by atoms with Crippen LogP contribution in [0, 0.1) is 0 Å². The van der Waals surface area contributed by atoms with Crippen LogP contribution >= 0.6 is 0 Å². The Bertz CT molecular complexity index is 263. The second kappa shape index (κ2) is 8.25. The van der Waals surface area contributed by atoms with Crippen LogP contribution < -0.4 is 11.3 Å². The Morgan fingerprint density at radius 1 is 1.67 bits per heavy atom. The van der Waals surface area contributed by atoms with Crippen LogP contribution in [0.3, 0.4) is 0 Å². The third-order valence-corrected chi connectivity index (χ3v) is 2.88. The molecule has 1 heterocycles. The molecule has 2 atom stereocenters. The number of nitrogens with one attached hydrogen (secondary N) is 1. The fourth-order valence-electron chi connectivity index (χ4n) is 1.84. The zero-order valence-electron chi connectivity index (χ0n) is 11.1. The number of hydrogen-bond acceptors (Lipinski definition) is 5. The van der Waals surface area contributed by atoms with Gasteiger partial charge in [-0.25, -0.2) is 5.84 Å². The van der Waals surface area contributed by atoms with E-state index < -0.39 is 0 Å². The maximum absolute atomic E-state index is 9.14. The van der Waals surface area contributed by atoms with Crippen molar-refractivity contribution < 1.29 is 14.6 Å². The molecule has 0 radical (unpaired) electrons. The summed E-state index contributed by atoms with van der Waals surface area (Å²) in [6, 6.07) is 0.185. The number of aliphatic hydroxyl groups is 1. The van der Waals surface area contributed by atoms with E-state index in [1.807, 2.05) is 11.8 Å². The van der Waals surface area contributed by atoms with Gasteiger partial charge in [0, 0.05) is 26.8 Å². The predicted octanol–water partition coefficient (Wildman–Crippen LogP) is -1.08. The molecule has 0 aromatic rings. The molecule has 4 N–H and O–H groups in total. The minimum atomic E-state index is -0.182. The van der Waals surface area contributed by atoms with E-state index >= 15 is 0 Å². The topological polar surface area (TPSA) is 92.3 Å². The molecular formula is C11H24N4O3.